The van der Waals surface area contributed by atoms with Gasteiger partial charge in [0.05, 0.1) is 33.5 Å². The predicted molar refractivity (Wildman–Crippen MR) is 104 cm³/mol. The molecular formula is C21H40O7. The first kappa shape index (κ1) is 24.0. The highest BCUT2D eigenvalue weighted by atomic mass is 17.4. The van der Waals surface area contributed by atoms with Crippen LogP contribution in [0.25, 0.3) is 0 Å². The summed E-state index contributed by atoms with van der Waals surface area (Å²) in [6, 6.07) is 0. The first-order valence-corrected chi connectivity index (χ1v) is 11.0. The lowest BCUT2D eigenvalue weighted by atomic mass is 9.82. The zero-order chi connectivity index (χ0) is 20.2. The van der Waals surface area contributed by atoms with Crippen LogP contribution < -0.4 is 0 Å². The molecule has 2 fully saturated rings. The minimum atomic E-state index is -1.53. The molecule has 0 spiro atoms. The molecule has 0 amide bonds. The van der Waals surface area contributed by atoms with Crippen molar-refractivity contribution in [1.82, 2.24) is 0 Å². The number of epoxide rings is 1. The highest BCUT2D eigenvalue weighted by Crippen LogP contribution is 2.43. The van der Waals surface area contributed by atoms with Crippen LogP contribution in [-0.4, -0.2) is 39.5 Å². The molecule has 0 N–H and O–H groups in total. The fourth-order valence-corrected chi connectivity index (χ4v) is 4.45. The summed E-state index contributed by atoms with van der Waals surface area (Å²) in [6.45, 7) is 2.23. The van der Waals surface area contributed by atoms with E-state index in [1.54, 1.807) is 0 Å². The van der Waals surface area contributed by atoms with E-state index in [-0.39, 0.29) is 5.92 Å². The Kier molecular flexibility index (Phi) is 11.2. The lowest BCUT2D eigenvalue weighted by Crippen LogP contribution is -2.46. The van der Waals surface area contributed by atoms with Crippen molar-refractivity contribution in [1.29, 1.82) is 0 Å². The molecule has 2 rings (SSSR count). The normalized spacial score (nSPS) is 25.5. The first-order valence-electron chi connectivity index (χ1n) is 11.0. The Morgan fingerprint density at radius 1 is 0.821 bits per heavy atom. The quantitative estimate of drug-likeness (QED) is 0.110. The molecule has 2 aliphatic rings. The van der Waals surface area contributed by atoms with Crippen molar-refractivity contribution in [3.8, 4) is 0 Å². The number of hydrogen-bond donors (Lipinski definition) is 0. The third kappa shape index (κ3) is 7.52. The van der Waals surface area contributed by atoms with Crippen molar-refractivity contribution in [2.24, 2.45) is 11.8 Å². The van der Waals surface area contributed by atoms with Crippen LogP contribution in [0.3, 0.4) is 0 Å². The fraction of sp³-hybridized carbons (Fsp3) is 1.00. The second-order valence-corrected chi connectivity index (χ2v) is 8.08. The molecule has 166 valence electrons. The summed E-state index contributed by atoms with van der Waals surface area (Å²) in [5.74, 6) is -0.938. The molecule has 1 aliphatic carbocycles. The zero-order valence-corrected chi connectivity index (χ0v) is 18.2. The van der Waals surface area contributed by atoms with Crippen molar-refractivity contribution in [2.45, 2.75) is 102 Å². The maximum absolute atomic E-state index is 5.68. The molecule has 0 aromatic carbocycles. The van der Waals surface area contributed by atoms with Gasteiger partial charge in [0, 0.05) is 5.92 Å². The Hall–Kier alpha value is -0.280. The minimum absolute atomic E-state index is 0.0728. The van der Waals surface area contributed by atoms with Crippen LogP contribution in [0.5, 0.6) is 0 Å². The Balaban J connectivity index is 1.92. The molecule has 0 aromatic heterocycles. The molecule has 28 heavy (non-hydrogen) atoms. The highest BCUT2D eigenvalue weighted by Gasteiger charge is 2.48. The molecule has 7 nitrogen and oxygen atoms in total. The average Bonchev–Trinajstić information content (AvgIpc) is 3.46. The largest absolute Gasteiger partial charge is 0.370 e. The number of hydrogen-bond acceptors (Lipinski definition) is 7. The van der Waals surface area contributed by atoms with Crippen LogP contribution in [0.4, 0.5) is 0 Å². The number of unbranched alkanes of at least 4 members (excludes halogenated alkanes) is 5. The van der Waals surface area contributed by atoms with Gasteiger partial charge in [0.25, 0.3) is 0 Å². The van der Waals surface area contributed by atoms with Gasteiger partial charge in [0.2, 0.25) is 0 Å². The van der Waals surface area contributed by atoms with Crippen LogP contribution in [0, 0.1) is 11.8 Å². The van der Waals surface area contributed by atoms with Gasteiger partial charge in [-0.3, -0.25) is 0 Å². The lowest BCUT2D eigenvalue weighted by Gasteiger charge is -2.35. The van der Waals surface area contributed by atoms with Gasteiger partial charge in [-0.2, -0.15) is 14.7 Å². The zero-order valence-electron chi connectivity index (χ0n) is 18.2. The Morgan fingerprint density at radius 3 is 2.07 bits per heavy atom. The monoisotopic (exact) mass is 404 g/mol. The molecule has 1 saturated carbocycles. The van der Waals surface area contributed by atoms with Gasteiger partial charge < -0.3 is 4.74 Å². The molecule has 4 atom stereocenters. The van der Waals surface area contributed by atoms with Gasteiger partial charge in [-0.05, 0) is 44.4 Å². The third-order valence-corrected chi connectivity index (χ3v) is 6.04. The Morgan fingerprint density at radius 2 is 1.46 bits per heavy atom. The molecule has 0 bridgehead atoms. The van der Waals surface area contributed by atoms with E-state index in [1.807, 2.05) is 0 Å². The fourth-order valence-electron chi connectivity index (χ4n) is 4.45. The SMILES string of the molecule is CCCCCCCCC(CCC1CCC2OC2C1)C(OOC)(OOC)OOC. The predicted octanol–water partition coefficient (Wildman–Crippen LogP) is 5.09. The number of ether oxygens (including phenoxy) is 1. The van der Waals surface area contributed by atoms with Crippen molar-refractivity contribution >= 4 is 0 Å². The topological polar surface area (TPSA) is 67.9 Å². The van der Waals surface area contributed by atoms with E-state index in [0.717, 1.165) is 32.1 Å². The van der Waals surface area contributed by atoms with Crippen LogP contribution in [0.1, 0.15) is 84.0 Å². The minimum Gasteiger partial charge on any atom is -0.370 e. The molecule has 1 heterocycles. The second kappa shape index (κ2) is 13.1. The lowest BCUT2D eigenvalue weighted by molar-refractivity contribution is -0.635. The molecule has 1 saturated heterocycles. The van der Waals surface area contributed by atoms with Crippen molar-refractivity contribution < 1.29 is 34.1 Å². The van der Waals surface area contributed by atoms with Crippen molar-refractivity contribution in [3.05, 3.63) is 0 Å². The van der Waals surface area contributed by atoms with Crippen molar-refractivity contribution in [2.75, 3.05) is 21.3 Å². The van der Waals surface area contributed by atoms with Gasteiger partial charge in [0.15, 0.2) is 0 Å². The summed E-state index contributed by atoms with van der Waals surface area (Å²) in [4.78, 5) is 31.1. The highest BCUT2D eigenvalue weighted by molar-refractivity contribution is 4.92. The Labute approximate surface area is 170 Å². The summed E-state index contributed by atoms with van der Waals surface area (Å²) in [7, 11) is 4.29. The van der Waals surface area contributed by atoms with E-state index in [2.05, 4.69) is 6.92 Å². The number of rotatable bonds is 17. The summed E-state index contributed by atoms with van der Waals surface area (Å²) in [5.41, 5.74) is 0. The van der Waals surface area contributed by atoms with E-state index in [1.165, 1.54) is 66.3 Å². The molecule has 4 unspecified atom stereocenters. The van der Waals surface area contributed by atoms with E-state index >= 15 is 0 Å². The average molecular weight is 405 g/mol. The van der Waals surface area contributed by atoms with E-state index in [0.29, 0.717) is 18.1 Å². The van der Waals surface area contributed by atoms with Crippen LogP contribution in [0.15, 0.2) is 0 Å². The molecule has 0 radical (unpaired) electrons. The van der Waals surface area contributed by atoms with Crippen molar-refractivity contribution in [3.63, 3.8) is 0 Å². The summed E-state index contributed by atoms with van der Waals surface area (Å²) >= 11 is 0. The molecular weight excluding hydrogens is 364 g/mol. The van der Waals surface area contributed by atoms with E-state index < -0.39 is 5.97 Å². The van der Waals surface area contributed by atoms with E-state index in [9.17, 15) is 0 Å². The summed E-state index contributed by atoms with van der Waals surface area (Å²) in [6.07, 6.45) is 14.8. The first-order chi connectivity index (χ1) is 13.7. The van der Waals surface area contributed by atoms with Crippen LogP contribution in [-0.2, 0) is 34.1 Å². The van der Waals surface area contributed by atoms with Gasteiger partial charge in [0.1, 0.15) is 0 Å². The second-order valence-electron chi connectivity index (χ2n) is 8.08. The van der Waals surface area contributed by atoms with Gasteiger partial charge >= 0.3 is 5.97 Å². The number of fused-ring (bicyclic) bond motifs is 1. The maximum Gasteiger partial charge on any atom is 0.368 e. The molecule has 0 aromatic rings. The molecule has 7 heteroatoms. The summed E-state index contributed by atoms with van der Waals surface area (Å²) < 4.78 is 5.68. The Bertz CT molecular complexity index is 389. The standard InChI is InChI=1S/C21H40O7/c1-5-6-7-8-9-10-11-18(21(26-22-2,27-23-3)28-24-4)14-12-17-13-15-19-20(16-17)25-19/h17-20H,5-16H2,1-4H3. The van der Waals surface area contributed by atoms with Gasteiger partial charge in [-0.25, -0.2) is 14.7 Å². The van der Waals surface area contributed by atoms with Gasteiger partial charge in [-0.15, -0.1) is 0 Å². The van der Waals surface area contributed by atoms with Gasteiger partial charge in [-0.1, -0.05) is 45.4 Å². The molecule has 1 aliphatic heterocycles. The maximum atomic E-state index is 5.68. The third-order valence-electron chi connectivity index (χ3n) is 6.04. The van der Waals surface area contributed by atoms with E-state index in [4.69, 9.17) is 34.1 Å². The summed E-state index contributed by atoms with van der Waals surface area (Å²) in [5, 5.41) is 0. The van der Waals surface area contributed by atoms with Crippen LogP contribution in [0.2, 0.25) is 0 Å². The smallest absolute Gasteiger partial charge is 0.368 e. The van der Waals surface area contributed by atoms with Crippen LogP contribution >= 0.6 is 0 Å².